The summed E-state index contributed by atoms with van der Waals surface area (Å²) in [5, 5.41) is 12.6. The lowest BCUT2D eigenvalue weighted by Gasteiger charge is -2.11. The molecule has 5 heteroatoms. The molecule has 14 heavy (non-hydrogen) atoms. The van der Waals surface area contributed by atoms with E-state index in [1.807, 2.05) is 24.3 Å². The molecule has 0 aliphatic heterocycles. The first-order chi connectivity index (χ1) is 6.59. The van der Waals surface area contributed by atoms with Gasteiger partial charge in [-0.05, 0) is 29.9 Å². The van der Waals surface area contributed by atoms with Crippen LogP contribution in [0.5, 0.6) is 0 Å². The highest BCUT2D eigenvalue weighted by molar-refractivity contribution is 9.10. The molecule has 1 unspecified atom stereocenters. The van der Waals surface area contributed by atoms with Crippen LogP contribution in [0, 0.1) is 0 Å². The number of hydrogen-bond acceptors (Lipinski definition) is 2. The van der Waals surface area contributed by atoms with Crippen LogP contribution in [0.25, 0.3) is 0 Å². The molecule has 0 aliphatic rings. The molecule has 0 spiro atoms. The van der Waals surface area contributed by atoms with E-state index in [0.717, 1.165) is 10.0 Å². The molecule has 1 rings (SSSR count). The summed E-state index contributed by atoms with van der Waals surface area (Å²) in [6.45, 7) is 0.330. The average Bonchev–Trinajstić information content (AvgIpc) is 2.15. The Kier molecular flexibility index (Phi) is 4.31. The van der Waals surface area contributed by atoms with Gasteiger partial charge < -0.3 is 16.2 Å². The Morgan fingerprint density at radius 3 is 2.57 bits per heavy atom. The van der Waals surface area contributed by atoms with Gasteiger partial charge in [0.25, 0.3) is 0 Å². The quantitative estimate of drug-likeness (QED) is 0.728. The van der Waals surface area contributed by atoms with E-state index < -0.39 is 6.10 Å². The van der Waals surface area contributed by atoms with Crippen molar-refractivity contribution < 1.29 is 5.11 Å². The number of aliphatic hydroxyl groups excluding tert-OH is 1. The summed E-state index contributed by atoms with van der Waals surface area (Å²) in [5.74, 6) is 0. The predicted octanol–water partition coefficient (Wildman–Crippen LogP) is 1.32. The summed E-state index contributed by atoms with van der Waals surface area (Å²) in [7, 11) is 0. The second kappa shape index (κ2) is 5.29. The molecule has 1 aromatic rings. The normalized spacial score (nSPS) is 12.1. The van der Waals surface area contributed by atoms with Gasteiger partial charge in [0.2, 0.25) is 0 Å². The smallest absolute Gasteiger partial charge is 0.163 e. The summed E-state index contributed by atoms with van der Waals surface area (Å²) in [4.78, 5) is 0. The molecule has 0 saturated carbocycles. The molecule has 0 heterocycles. The van der Waals surface area contributed by atoms with Gasteiger partial charge in [0.15, 0.2) is 5.11 Å². The lowest BCUT2D eigenvalue weighted by atomic mass is 10.1. The Morgan fingerprint density at radius 1 is 1.50 bits per heavy atom. The number of hydrogen-bond donors (Lipinski definition) is 3. The molecule has 0 amide bonds. The SMILES string of the molecule is NC(=S)NCC(O)c1ccc(Br)cc1. The van der Waals surface area contributed by atoms with E-state index in [9.17, 15) is 5.11 Å². The largest absolute Gasteiger partial charge is 0.387 e. The summed E-state index contributed by atoms with van der Waals surface area (Å²) in [6.07, 6.45) is -0.593. The number of rotatable bonds is 3. The molecule has 4 N–H and O–H groups in total. The van der Waals surface area contributed by atoms with Crippen LogP contribution < -0.4 is 11.1 Å². The molecule has 0 aromatic heterocycles. The molecular formula is C9H11BrN2OS. The Labute approximate surface area is 96.4 Å². The molecule has 0 bridgehead atoms. The van der Waals surface area contributed by atoms with Gasteiger partial charge in [0, 0.05) is 11.0 Å². The number of thiocarbonyl (C=S) groups is 1. The van der Waals surface area contributed by atoms with Crippen LogP contribution in [0.4, 0.5) is 0 Å². The van der Waals surface area contributed by atoms with Gasteiger partial charge in [-0.2, -0.15) is 0 Å². The highest BCUT2D eigenvalue weighted by Crippen LogP contribution is 2.15. The van der Waals surface area contributed by atoms with Crippen LogP contribution in [-0.4, -0.2) is 16.8 Å². The summed E-state index contributed by atoms with van der Waals surface area (Å²) in [6, 6.07) is 7.44. The number of nitrogens with two attached hydrogens (primary N) is 1. The second-order valence-corrected chi connectivity index (χ2v) is 4.17. The van der Waals surface area contributed by atoms with E-state index in [1.165, 1.54) is 0 Å². The maximum atomic E-state index is 9.67. The zero-order valence-electron chi connectivity index (χ0n) is 7.40. The van der Waals surface area contributed by atoms with Crippen molar-refractivity contribution in [2.75, 3.05) is 6.54 Å². The Morgan fingerprint density at radius 2 is 2.07 bits per heavy atom. The standard InChI is InChI=1S/C9H11BrN2OS/c10-7-3-1-6(2-4-7)8(13)5-12-9(11)14/h1-4,8,13H,5H2,(H3,11,12,14). The number of aliphatic hydroxyl groups is 1. The van der Waals surface area contributed by atoms with Crippen LogP contribution in [0.1, 0.15) is 11.7 Å². The van der Waals surface area contributed by atoms with Crippen molar-refractivity contribution in [3.63, 3.8) is 0 Å². The molecule has 76 valence electrons. The van der Waals surface area contributed by atoms with Gasteiger partial charge in [-0.1, -0.05) is 28.1 Å². The summed E-state index contributed by atoms with van der Waals surface area (Å²) in [5.41, 5.74) is 6.08. The van der Waals surface area contributed by atoms with Crippen molar-refractivity contribution >= 4 is 33.3 Å². The average molecular weight is 275 g/mol. The minimum Gasteiger partial charge on any atom is -0.387 e. The predicted molar refractivity (Wildman–Crippen MR) is 63.9 cm³/mol. The highest BCUT2D eigenvalue weighted by atomic mass is 79.9. The van der Waals surface area contributed by atoms with E-state index in [0.29, 0.717) is 6.54 Å². The number of nitrogens with one attached hydrogen (secondary N) is 1. The highest BCUT2D eigenvalue weighted by Gasteiger charge is 2.06. The van der Waals surface area contributed by atoms with Gasteiger partial charge in [0.05, 0.1) is 6.10 Å². The summed E-state index contributed by atoms with van der Waals surface area (Å²) >= 11 is 7.95. The van der Waals surface area contributed by atoms with Crippen molar-refractivity contribution in [3.8, 4) is 0 Å². The van der Waals surface area contributed by atoms with Gasteiger partial charge in [0.1, 0.15) is 0 Å². The molecular weight excluding hydrogens is 264 g/mol. The van der Waals surface area contributed by atoms with E-state index >= 15 is 0 Å². The monoisotopic (exact) mass is 274 g/mol. The first kappa shape index (κ1) is 11.4. The maximum absolute atomic E-state index is 9.67. The van der Waals surface area contributed by atoms with Crippen molar-refractivity contribution in [3.05, 3.63) is 34.3 Å². The van der Waals surface area contributed by atoms with Crippen LogP contribution in [0.2, 0.25) is 0 Å². The fraction of sp³-hybridized carbons (Fsp3) is 0.222. The summed E-state index contributed by atoms with van der Waals surface area (Å²) < 4.78 is 0.982. The number of halogens is 1. The zero-order valence-corrected chi connectivity index (χ0v) is 9.81. The lowest BCUT2D eigenvalue weighted by Crippen LogP contribution is -2.32. The Balaban J connectivity index is 2.56. The second-order valence-electron chi connectivity index (χ2n) is 2.81. The van der Waals surface area contributed by atoms with Crippen LogP contribution in [0.15, 0.2) is 28.7 Å². The van der Waals surface area contributed by atoms with E-state index in [1.54, 1.807) is 0 Å². The van der Waals surface area contributed by atoms with Crippen molar-refractivity contribution in [1.82, 2.24) is 5.32 Å². The van der Waals surface area contributed by atoms with Crippen molar-refractivity contribution in [2.45, 2.75) is 6.10 Å². The van der Waals surface area contributed by atoms with Crippen LogP contribution in [-0.2, 0) is 0 Å². The van der Waals surface area contributed by atoms with E-state index in [2.05, 4.69) is 33.5 Å². The third-order valence-corrected chi connectivity index (χ3v) is 2.40. The molecule has 3 nitrogen and oxygen atoms in total. The first-order valence-electron chi connectivity index (χ1n) is 4.06. The number of benzene rings is 1. The molecule has 0 saturated heterocycles. The van der Waals surface area contributed by atoms with Crippen LogP contribution >= 0.6 is 28.1 Å². The van der Waals surface area contributed by atoms with Gasteiger partial charge >= 0.3 is 0 Å². The topological polar surface area (TPSA) is 58.3 Å². The van der Waals surface area contributed by atoms with Gasteiger partial charge in [-0.3, -0.25) is 0 Å². The lowest BCUT2D eigenvalue weighted by molar-refractivity contribution is 0.181. The van der Waals surface area contributed by atoms with Crippen molar-refractivity contribution in [2.24, 2.45) is 5.73 Å². The third-order valence-electron chi connectivity index (χ3n) is 1.72. The molecule has 0 fully saturated rings. The minimum absolute atomic E-state index is 0.196. The zero-order chi connectivity index (χ0) is 10.6. The fourth-order valence-electron chi connectivity index (χ4n) is 1.00. The van der Waals surface area contributed by atoms with Crippen LogP contribution in [0.3, 0.4) is 0 Å². The fourth-order valence-corrected chi connectivity index (χ4v) is 1.35. The van der Waals surface area contributed by atoms with Gasteiger partial charge in [-0.25, -0.2) is 0 Å². The Bertz CT molecular complexity index is 315. The van der Waals surface area contributed by atoms with Gasteiger partial charge in [-0.15, -0.1) is 0 Å². The first-order valence-corrected chi connectivity index (χ1v) is 5.26. The molecule has 0 aliphatic carbocycles. The minimum atomic E-state index is -0.593. The third kappa shape index (κ3) is 3.61. The molecule has 1 aromatic carbocycles. The Hall–Kier alpha value is -0.650. The maximum Gasteiger partial charge on any atom is 0.163 e. The molecule has 0 radical (unpaired) electrons. The van der Waals surface area contributed by atoms with Crippen molar-refractivity contribution in [1.29, 1.82) is 0 Å². The van der Waals surface area contributed by atoms with E-state index in [-0.39, 0.29) is 5.11 Å². The molecule has 1 atom stereocenters. The van der Waals surface area contributed by atoms with E-state index in [4.69, 9.17) is 5.73 Å².